The molecular formula is C21H27N3O2S. The van der Waals surface area contributed by atoms with E-state index in [0.29, 0.717) is 6.54 Å². The Morgan fingerprint density at radius 2 is 2.07 bits per heavy atom. The Hall–Kier alpha value is -2.18. The number of ketones is 1. The van der Waals surface area contributed by atoms with E-state index in [9.17, 15) is 9.59 Å². The predicted molar refractivity (Wildman–Crippen MR) is 110 cm³/mol. The maximum atomic E-state index is 12.8. The molecule has 0 saturated carbocycles. The van der Waals surface area contributed by atoms with Crippen molar-refractivity contribution in [3.8, 4) is 0 Å². The van der Waals surface area contributed by atoms with Gasteiger partial charge in [-0.2, -0.15) is 11.3 Å². The summed E-state index contributed by atoms with van der Waals surface area (Å²) in [4.78, 5) is 27.1. The molecule has 5 nitrogen and oxygen atoms in total. The fraction of sp³-hybridized carbons (Fsp3) is 0.429. The number of hydrogen-bond acceptors (Lipinski definition) is 4. The van der Waals surface area contributed by atoms with Gasteiger partial charge in [0.2, 0.25) is 0 Å². The largest absolute Gasteiger partial charge is 0.349 e. The Balaban J connectivity index is 1.52. The second-order valence-electron chi connectivity index (χ2n) is 7.14. The molecule has 0 bridgehead atoms. The Labute approximate surface area is 164 Å². The van der Waals surface area contributed by atoms with Crippen LogP contribution in [0, 0.1) is 13.8 Å². The molecule has 1 saturated heterocycles. The van der Waals surface area contributed by atoms with E-state index in [1.54, 1.807) is 0 Å². The lowest BCUT2D eigenvalue weighted by atomic mass is 10.0. The van der Waals surface area contributed by atoms with Crippen LogP contribution in [0.5, 0.6) is 0 Å². The highest BCUT2D eigenvalue weighted by Gasteiger charge is 2.24. The number of rotatable bonds is 7. The monoisotopic (exact) mass is 385 g/mol. The van der Waals surface area contributed by atoms with Gasteiger partial charge in [-0.3, -0.25) is 14.5 Å². The molecule has 144 valence electrons. The topological polar surface area (TPSA) is 54.3 Å². The predicted octanol–water partition coefficient (Wildman–Crippen LogP) is 3.43. The average molecular weight is 386 g/mol. The zero-order valence-electron chi connectivity index (χ0n) is 16.0. The van der Waals surface area contributed by atoms with E-state index in [2.05, 4.69) is 21.4 Å². The summed E-state index contributed by atoms with van der Waals surface area (Å²) in [7, 11) is 0. The van der Waals surface area contributed by atoms with E-state index in [4.69, 9.17) is 0 Å². The zero-order valence-corrected chi connectivity index (χ0v) is 16.8. The van der Waals surface area contributed by atoms with E-state index in [0.717, 1.165) is 55.0 Å². The molecule has 6 heteroatoms. The summed E-state index contributed by atoms with van der Waals surface area (Å²) in [6.07, 6.45) is 3.60. The number of nitrogens with zero attached hydrogens (tertiary/aromatic N) is 2. The van der Waals surface area contributed by atoms with Gasteiger partial charge >= 0.3 is 0 Å². The third kappa shape index (κ3) is 4.57. The van der Waals surface area contributed by atoms with Crippen molar-refractivity contribution in [3.63, 3.8) is 0 Å². The van der Waals surface area contributed by atoms with Crippen molar-refractivity contribution >= 4 is 23.0 Å². The Morgan fingerprint density at radius 1 is 1.33 bits per heavy atom. The molecule has 1 aliphatic heterocycles. The van der Waals surface area contributed by atoms with Crippen LogP contribution in [-0.2, 0) is 6.54 Å². The molecule has 0 unspecified atom stereocenters. The van der Waals surface area contributed by atoms with Crippen LogP contribution in [0.2, 0.25) is 0 Å². The van der Waals surface area contributed by atoms with E-state index >= 15 is 0 Å². The fourth-order valence-corrected chi connectivity index (χ4v) is 4.32. The van der Waals surface area contributed by atoms with Crippen molar-refractivity contribution in [1.29, 1.82) is 0 Å². The first-order chi connectivity index (χ1) is 13.0. The van der Waals surface area contributed by atoms with Gasteiger partial charge in [0.1, 0.15) is 0 Å². The fourth-order valence-electron chi connectivity index (χ4n) is 3.68. The minimum atomic E-state index is 0.000403. The van der Waals surface area contributed by atoms with Crippen molar-refractivity contribution in [3.05, 3.63) is 58.1 Å². The van der Waals surface area contributed by atoms with Gasteiger partial charge in [-0.15, -0.1) is 6.58 Å². The summed E-state index contributed by atoms with van der Waals surface area (Å²) >= 11 is 1.53. The maximum Gasteiger partial charge on any atom is 0.252 e. The molecule has 1 aliphatic rings. The lowest BCUT2D eigenvalue weighted by molar-refractivity contribution is 0.0859. The number of carbonyl (C=O) groups excluding carboxylic acids is 2. The van der Waals surface area contributed by atoms with Gasteiger partial charge in [-0.05, 0) is 44.2 Å². The highest BCUT2D eigenvalue weighted by Crippen LogP contribution is 2.18. The van der Waals surface area contributed by atoms with Gasteiger partial charge in [0.15, 0.2) is 5.78 Å². The van der Waals surface area contributed by atoms with Crippen LogP contribution in [0.3, 0.4) is 0 Å². The van der Waals surface area contributed by atoms with Crippen molar-refractivity contribution < 1.29 is 9.59 Å². The zero-order chi connectivity index (χ0) is 19.4. The third-order valence-corrected chi connectivity index (χ3v) is 5.94. The molecule has 2 aromatic heterocycles. The molecule has 0 atom stereocenters. The number of aryl methyl sites for hydroxylation is 1. The van der Waals surface area contributed by atoms with Crippen LogP contribution in [0.1, 0.15) is 44.9 Å². The quantitative estimate of drug-likeness (QED) is 0.587. The number of piperidine rings is 1. The Bertz CT molecular complexity index is 815. The summed E-state index contributed by atoms with van der Waals surface area (Å²) in [6.45, 7) is 10.6. The lowest BCUT2D eigenvalue weighted by Crippen LogP contribution is -2.45. The normalized spacial score (nSPS) is 15.6. The van der Waals surface area contributed by atoms with E-state index in [1.165, 1.54) is 11.3 Å². The minimum Gasteiger partial charge on any atom is -0.349 e. The Kier molecular flexibility index (Phi) is 6.29. The first-order valence-electron chi connectivity index (χ1n) is 9.36. The standard InChI is InChI=1S/C21H27N3O2S/c1-4-8-24-15(2)12-19(16(24)3)20(25)13-23-9-5-18(6-10-23)22-21(26)17-7-11-27-14-17/h4,7,11-12,14,18H,1,5-6,8-10,13H2,2-3H3,(H,22,26). The first-order valence-corrected chi connectivity index (χ1v) is 10.3. The van der Waals surface area contributed by atoms with Crippen LogP contribution in [0.4, 0.5) is 0 Å². The number of thiophene rings is 1. The van der Waals surface area contributed by atoms with Crippen LogP contribution in [0.15, 0.2) is 35.5 Å². The number of allylic oxidation sites excluding steroid dienone is 1. The number of amides is 1. The van der Waals surface area contributed by atoms with Crippen LogP contribution < -0.4 is 5.32 Å². The SMILES string of the molecule is C=CCn1c(C)cc(C(=O)CN2CCC(NC(=O)c3ccsc3)CC2)c1C. The Morgan fingerprint density at radius 3 is 2.70 bits per heavy atom. The first kappa shape index (κ1) is 19.6. The number of aromatic nitrogens is 1. The summed E-state index contributed by atoms with van der Waals surface area (Å²) in [5, 5.41) is 6.88. The van der Waals surface area contributed by atoms with Gasteiger partial charge in [0, 0.05) is 53.6 Å². The highest BCUT2D eigenvalue weighted by atomic mass is 32.1. The third-order valence-electron chi connectivity index (χ3n) is 5.26. The molecule has 0 spiro atoms. The van der Waals surface area contributed by atoms with Crippen LogP contribution in [-0.4, -0.2) is 46.8 Å². The van der Waals surface area contributed by atoms with Crippen molar-refractivity contribution in [1.82, 2.24) is 14.8 Å². The molecule has 1 N–H and O–H groups in total. The van der Waals surface area contributed by atoms with Crippen LogP contribution >= 0.6 is 11.3 Å². The number of likely N-dealkylation sites (tertiary alicyclic amines) is 1. The molecule has 0 aliphatic carbocycles. The molecule has 3 heterocycles. The number of Topliss-reactive ketones (excluding diaryl/α,β-unsaturated/α-hetero) is 1. The van der Waals surface area contributed by atoms with Gasteiger partial charge in [-0.25, -0.2) is 0 Å². The molecule has 27 heavy (non-hydrogen) atoms. The molecule has 1 amide bonds. The lowest BCUT2D eigenvalue weighted by Gasteiger charge is -2.31. The number of nitrogens with one attached hydrogen (secondary N) is 1. The van der Waals surface area contributed by atoms with Crippen molar-refractivity contribution in [2.45, 2.75) is 39.3 Å². The van der Waals surface area contributed by atoms with Crippen molar-refractivity contribution in [2.24, 2.45) is 0 Å². The second-order valence-corrected chi connectivity index (χ2v) is 7.92. The average Bonchev–Trinajstić information content (AvgIpc) is 3.28. The summed E-state index contributed by atoms with van der Waals surface area (Å²) in [5.41, 5.74) is 3.63. The van der Waals surface area contributed by atoms with Gasteiger partial charge < -0.3 is 9.88 Å². The van der Waals surface area contributed by atoms with Gasteiger partial charge in [-0.1, -0.05) is 6.08 Å². The summed E-state index contributed by atoms with van der Waals surface area (Å²) in [5.74, 6) is 0.166. The summed E-state index contributed by atoms with van der Waals surface area (Å²) in [6, 6.07) is 4.01. The summed E-state index contributed by atoms with van der Waals surface area (Å²) < 4.78 is 2.12. The molecule has 1 fully saturated rings. The number of carbonyl (C=O) groups is 2. The molecule has 0 radical (unpaired) electrons. The minimum absolute atomic E-state index is 0.000403. The second kappa shape index (κ2) is 8.67. The molecule has 3 rings (SSSR count). The van der Waals surface area contributed by atoms with E-state index in [-0.39, 0.29) is 17.7 Å². The molecule has 2 aromatic rings. The van der Waals surface area contributed by atoms with Crippen LogP contribution in [0.25, 0.3) is 0 Å². The van der Waals surface area contributed by atoms with E-state index in [1.807, 2.05) is 42.8 Å². The molecule has 0 aromatic carbocycles. The molecular weight excluding hydrogens is 358 g/mol. The maximum absolute atomic E-state index is 12.8. The number of hydrogen-bond donors (Lipinski definition) is 1. The van der Waals surface area contributed by atoms with Crippen molar-refractivity contribution in [2.75, 3.05) is 19.6 Å². The van der Waals surface area contributed by atoms with Gasteiger partial charge in [0.05, 0.1) is 6.54 Å². The smallest absolute Gasteiger partial charge is 0.252 e. The van der Waals surface area contributed by atoms with E-state index < -0.39 is 0 Å². The highest BCUT2D eigenvalue weighted by molar-refractivity contribution is 7.08. The van der Waals surface area contributed by atoms with Gasteiger partial charge in [0.25, 0.3) is 5.91 Å².